The van der Waals surface area contributed by atoms with Crippen molar-refractivity contribution in [3.8, 4) is 0 Å². The fourth-order valence-electron chi connectivity index (χ4n) is 1.98. The third-order valence-electron chi connectivity index (χ3n) is 3.07. The van der Waals surface area contributed by atoms with Gasteiger partial charge in [-0.05, 0) is 66.6 Å². The summed E-state index contributed by atoms with van der Waals surface area (Å²) < 4.78 is 1.14. The molecular weight excluding hydrogens is 327 g/mol. The lowest BCUT2D eigenvalue weighted by molar-refractivity contribution is 0.0930. The van der Waals surface area contributed by atoms with Crippen LogP contribution in [0.3, 0.4) is 0 Å². The third kappa shape index (κ3) is 3.42. The second-order valence-corrected chi connectivity index (χ2v) is 5.64. The van der Waals surface area contributed by atoms with Crippen molar-refractivity contribution >= 4 is 28.5 Å². The van der Waals surface area contributed by atoms with Crippen molar-refractivity contribution < 1.29 is 4.79 Å². The monoisotopic (exact) mass is 344 g/mol. The molecule has 1 unspecified atom stereocenters. The molecule has 0 aliphatic carbocycles. The Labute approximate surface area is 116 Å². The summed E-state index contributed by atoms with van der Waals surface area (Å²) in [5.41, 5.74) is 1.96. The van der Waals surface area contributed by atoms with Gasteiger partial charge in [-0.1, -0.05) is 6.07 Å². The molecule has 1 atom stereocenters. The first-order valence-corrected chi connectivity index (χ1v) is 7.02. The predicted octanol–water partition coefficient (Wildman–Crippen LogP) is 2.08. The number of aryl methyl sites for hydroxylation is 1. The van der Waals surface area contributed by atoms with Crippen molar-refractivity contribution in [1.82, 2.24) is 10.6 Å². The van der Waals surface area contributed by atoms with E-state index in [1.165, 1.54) is 5.56 Å². The topological polar surface area (TPSA) is 41.1 Å². The molecule has 0 spiro atoms. The van der Waals surface area contributed by atoms with E-state index >= 15 is 0 Å². The van der Waals surface area contributed by atoms with Gasteiger partial charge >= 0.3 is 0 Å². The van der Waals surface area contributed by atoms with Crippen LogP contribution in [0.1, 0.15) is 28.8 Å². The molecule has 1 aliphatic rings. The van der Waals surface area contributed by atoms with Crippen LogP contribution in [0.4, 0.5) is 0 Å². The number of nitrogens with one attached hydrogen (secondary N) is 2. The Morgan fingerprint density at radius 1 is 1.53 bits per heavy atom. The summed E-state index contributed by atoms with van der Waals surface area (Å²) in [7, 11) is 0. The summed E-state index contributed by atoms with van der Waals surface area (Å²) >= 11 is 2.26. The van der Waals surface area contributed by atoms with E-state index in [0.29, 0.717) is 0 Å². The normalized spacial score (nSPS) is 20.0. The maximum atomic E-state index is 12.0. The van der Waals surface area contributed by atoms with E-state index in [9.17, 15) is 4.79 Å². The molecule has 1 aliphatic heterocycles. The lowest BCUT2D eigenvalue weighted by atomic mass is 10.1. The molecule has 0 aromatic heterocycles. The average Bonchev–Trinajstić information content (AvgIpc) is 2.34. The molecule has 1 saturated heterocycles. The van der Waals surface area contributed by atoms with E-state index in [0.717, 1.165) is 35.1 Å². The minimum absolute atomic E-state index is 0.0385. The molecule has 1 aromatic carbocycles. The fraction of sp³-hybridized carbons (Fsp3) is 0.462. The van der Waals surface area contributed by atoms with E-state index in [2.05, 4.69) is 40.1 Å². The number of benzene rings is 1. The molecule has 17 heavy (non-hydrogen) atoms. The number of carbonyl (C=O) groups excluding carboxylic acids is 1. The van der Waals surface area contributed by atoms with Crippen LogP contribution >= 0.6 is 22.6 Å². The highest BCUT2D eigenvalue weighted by atomic mass is 127. The van der Waals surface area contributed by atoms with Gasteiger partial charge in [-0.15, -0.1) is 0 Å². The highest BCUT2D eigenvalue weighted by Gasteiger charge is 2.16. The first-order valence-electron chi connectivity index (χ1n) is 5.94. The van der Waals surface area contributed by atoms with Gasteiger partial charge in [-0.2, -0.15) is 0 Å². The highest BCUT2D eigenvalue weighted by molar-refractivity contribution is 14.1. The van der Waals surface area contributed by atoms with Crippen LogP contribution in [0.2, 0.25) is 0 Å². The minimum Gasteiger partial charge on any atom is -0.348 e. The van der Waals surface area contributed by atoms with Gasteiger partial charge in [0.1, 0.15) is 0 Å². The number of amides is 1. The Balaban J connectivity index is 2.01. The zero-order valence-corrected chi connectivity index (χ0v) is 12.1. The fourth-order valence-corrected chi connectivity index (χ4v) is 2.49. The number of rotatable bonds is 2. The molecule has 92 valence electrons. The van der Waals surface area contributed by atoms with Crippen LogP contribution in [-0.2, 0) is 0 Å². The second kappa shape index (κ2) is 5.82. The van der Waals surface area contributed by atoms with Gasteiger partial charge in [0.25, 0.3) is 5.91 Å². The lowest BCUT2D eigenvalue weighted by Gasteiger charge is -2.23. The highest BCUT2D eigenvalue weighted by Crippen LogP contribution is 2.14. The average molecular weight is 344 g/mol. The van der Waals surface area contributed by atoms with Crippen LogP contribution in [-0.4, -0.2) is 25.0 Å². The van der Waals surface area contributed by atoms with E-state index in [-0.39, 0.29) is 11.9 Å². The Bertz CT molecular complexity index is 414. The maximum Gasteiger partial charge on any atom is 0.251 e. The predicted molar refractivity (Wildman–Crippen MR) is 77.3 cm³/mol. The zero-order valence-electron chi connectivity index (χ0n) is 9.92. The molecular formula is C13H17IN2O. The molecule has 0 bridgehead atoms. The summed E-state index contributed by atoms with van der Waals surface area (Å²) in [6.07, 6.45) is 2.21. The van der Waals surface area contributed by atoms with Gasteiger partial charge in [-0.25, -0.2) is 0 Å². The molecule has 2 rings (SSSR count). The van der Waals surface area contributed by atoms with Crippen molar-refractivity contribution in [3.63, 3.8) is 0 Å². The van der Waals surface area contributed by atoms with Crippen molar-refractivity contribution in [1.29, 1.82) is 0 Å². The van der Waals surface area contributed by atoms with Crippen molar-refractivity contribution in [2.24, 2.45) is 0 Å². The molecule has 1 amide bonds. The number of hydrogen-bond donors (Lipinski definition) is 2. The Hall–Kier alpha value is -0.620. The van der Waals surface area contributed by atoms with Crippen LogP contribution in [0.25, 0.3) is 0 Å². The minimum atomic E-state index is 0.0385. The van der Waals surface area contributed by atoms with Gasteiger partial charge in [0.2, 0.25) is 0 Å². The Morgan fingerprint density at radius 2 is 2.35 bits per heavy atom. The molecule has 3 nitrogen and oxygen atoms in total. The summed E-state index contributed by atoms with van der Waals surface area (Å²) in [5.74, 6) is 0.0385. The van der Waals surface area contributed by atoms with E-state index in [1.54, 1.807) is 0 Å². The number of piperidine rings is 1. The van der Waals surface area contributed by atoms with Crippen LogP contribution in [0, 0.1) is 10.5 Å². The summed E-state index contributed by atoms with van der Waals surface area (Å²) in [4.78, 5) is 12.0. The lowest BCUT2D eigenvalue weighted by Crippen LogP contribution is -2.45. The summed E-state index contributed by atoms with van der Waals surface area (Å²) in [6.45, 7) is 4.00. The number of halogens is 1. The second-order valence-electron chi connectivity index (χ2n) is 4.48. The third-order valence-corrected chi connectivity index (χ3v) is 4.23. The molecule has 0 saturated carbocycles. The maximum absolute atomic E-state index is 12.0. The van der Waals surface area contributed by atoms with Crippen LogP contribution in [0.15, 0.2) is 18.2 Å². The van der Waals surface area contributed by atoms with Gasteiger partial charge in [0.15, 0.2) is 0 Å². The van der Waals surface area contributed by atoms with E-state index in [4.69, 9.17) is 0 Å². The largest absolute Gasteiger partial charge is 0.348 e. The molecule has 4 heteroatoms. The van der Waals surface area contributed by atoms with Crippen LogP contribution < -0.4 is 10.6 Å². The summed E-state index contributed by atoms with van der Waals surface area (Å²) in [5, 5.41) is 6.37. The number of hydrogen-bond acceptors (Lipinski definition) is 2. The van der Waals surface area contributed by atoms with Gasteiger partial charge in [-0.3, -0.25) is 4.79 Å². The molecule has 2 N–H and O–H groups in total. The zero-order chi connectivity index (χ0) is 12.3. The quantitative estimate of drug-likeness (QED) is 0.807. The smallest absolute Gasteiger partial charge is 0.251 e. The van der Waals surface area contributed by atoms with Gasteiger partial charge in [0, 0.05) is 21.7 Å². The van der Waals surface area contributed by atoms with Gasteiger partial charge < -0.3 is 10.6 Å². The molecule has 1 aromatic rings. The Kier molecular flexibility index (Phi) is 4.39. The van der Waals surface area contributed by atoms with Crippen LogP contribution in [0.5, 0.6) is 0 Å². The standard InChI is InChI=1S/C13H17IN2O/c1-9-4-5-10(7-12(9)14)13(17)16-11-3-2-6-15-8-11/h4-5,7,11,15H,2-3,6,8H2,1H3,(H,16,17). The van der Waals surface area contributed by atoms with E-state index in [1.807, 2.05) is 18.2 Å². The van der Waals surface area contributed by atoms with E-state index < -0.39 is 0 Å². The molecule has 0 radical (unpaired) electrons. The van der Waals surface area contributed by atoms with Crippen molar-refractivity contribution in [2.75, 3.05) is 13.1 Å². The Morgan fingerprint density at radius 3 is 3.00 bits per heavy atom. The van der Waals surface area contributed by atoms with Gasteiger partial charge in [0.05, 0.1) is 0 Å². The molecule has 1 heterocycles. The first-order chi connectivity index (χ1) is 8.16. The van der Waals surface area contributed by atoms with Crippen molar-refractivity contribution in [3.05, 3.63) is 32.9 Å². The molecule has 1 fully saturated rings. The van der Waals surface area contributed by atoms with Crippen molar-refractivity contribution in [2.45, 2.75) is 25.8 Å². The summed E-state index contributed by atoms with van der Waals surface area (Å²) in [6, 6.07) is 6.11. The SMILES string of the molecule is Cc1ccc(C(=O)NC2CCCNC2)cc1I. The number of carbonyl (C=O) groups is 1. The first kappa shape index (κ1) is 12.8.